The summed E-state index contributed by atoms with van der Waals surface area (Å²) < 4.78 is 0. The first-order chi connectivity index (χ1) is 13.6. The third-order valence-electron chi connectivity index (χ3n) is 5.48. The average Bonchev–Trinajstić information content (AvgIpc) is 2.71. The number of unbranched alkanes of at least 4 members (excludes halogenated alkanes) is 3. The Bertz CT molecular complexity index is 337. The van der Waals surface area contributed by atoms with E-state index in [-0.39, 0.29) is 25.9 Å². The maximum atomic E-state index is 11.2. The molecule has 2 unspecified atom stereocenters. The van der Waals surface area contributed by atoms with Crippen LogP contribution < -0.4 is 0 Å². The minimum Gasteiger partial charge on any atom is -0.396 e. The number of likely N-dealkylation sites (N-methyl/N-ethyl adjacent to an activating group) is 3. The van der Waals surface area contributed by atoms with Gasteiger partial charge >= 0.3 is 0 Å². The van der Waals surface area contributed by atoms with Gasteiger partial charge in [0.05, 0.1) is 6.04 Å². The molecule has 0 fully saturated rings. The zero-order valence-corrected chi connectivity index (χ0v) is 18.6. The van der Waals surface area contributed by atoms with E-state index in [1.807, 2.05) is 0 Å². The summed E-state index contributed by atoms with van der Waals surface area (Å²) in [5.74, 6) is 0. The number of hydrogen-bond donors (Lipinski definition) is 4. The van der Waals surface area contributed by atoms with Crippen LogP contribution in [0, 0.1) is 0 Å². The summed E-state index contributed by atoms with van der Waals surface area (Å²) in [5, 5.41) is 38.5. The third kappa shape index (κ3) is 11.7. The zero-order chi connectivity index (χ0) is 21.2. The summed E-state index contributed by atoms with van der Waals surface area (Å²) in [7, 11) is 0. The van der Waals surface area contributed by atoms with Crippen LogP contribution in [-0.4, -0.2) is 113 Å². The third-order valence-corrected chi connectivity index (χ3v) is 5.48. The van der Waals surface area contributed by atoms with Gasteiger partial charge in [0.15, 0.2) is 0 Å². The van der Waals surface area contributed by atoms with Crippen LogP contribution in [0.1, 0.15) is 59.3 Å². The van der Waals surface area contributed by atoms with Crippen LogP contribution in [0.3, 0.4) is 0 Å². The minimum absolute atomic E-state index is 0.00755. The quantitative estimate of drug-likeness (QED) is 0.177. The van der Waals surface area contributed by atoms with Gasteiger partial charge in [-0.05, 0) is 71.2 Å². The molecule has 0 rings (SSSR count). The highest BCUT2D eigenvalue weighted by atomic mass is 16.3. The summed E-state index contributed by atoms with van der Waals surface area (Å²) in [6, 6.07) is -0.00755. The average molecular weight is 406 g/mol. The van der Waals surface area contributed by atoms with Crippen molar-refractivity contribution in [1.82, 2.24) is 14.7 Å². The topological polar surface area (TPSA) is 90.6 Å². The molecule has 0 aliphatic rings. The molecule has 0 aromatic heterocycles. The molecule has 0 radical (unpaired) electrons. The van der Waals surface area contributed by atoms with Crippen molar-refractivity contribution in [1.29, 1.82) is 0 Å². The SMILES string of the molecule is CCN(CCCCO)CC(C(O)N(CC)CCCCO)N(CC)CCCCO. The van der Waals surface area contributed by atoms with Crippen LogP contribution in [0.2, 0.25) is 0 Å². The molecule has 0 spiro atoms. The molecule has 0 saturated carbocycles. The molecular weight excluding hydrogens is 358 g/mol. The van der Waals surface area contributed by atoms with E-state index in [4.69, 9.17) is 15.3 Å². The number of aliphatic hydroxyl groups is 4. The lowest BCUT2D eigenvalue weighted by molar-refractivity contribution is -0.0687. The van der Waals surface area contributed by atoms with E-state index in [2.05, 4.69) is 35.5 Å². The molecule has 0 saturated heterocycles. The summed E-state index contributed by atoms with van der Waals surface area (Å²) in [6.45, 7) is 12.8. The van der Waals surface area contributed by atoms with Gasteiger partial charge in [0, 0.05) is 32.9 Å². The Balaban J connectivity index is 5.18. The molecule has 28 heavy (non-hydrogen) atoms. The van der Waals surface area contributed by atoms with E-state index in [0.29, 0.717) is 0 Å². The molecule has 170 valence electrons. The Morgan fingerprint density at radius 3 is 1.50 bits per heavy atom. The fourth-order valence-electron chi connectivity index (χ4n) is 3.62. The Hall–Kier alpha value is -0.280. The molecule has 7 nitrogen and oxygen atoms in total. The number of rotatable bonds is 20. The second-order valence-corrected chi connectivity index (χ2v) is 7.42. The van der Waals surface area contributed by atoms with Crippen molar-refractivity contribution < 1.29 is 20.4 Å². The first-order valence-electron chi connectivity index (χ1n) is 11.3. The van der Waals surface area contributed by atoms with Crippen LogP contribution in [0.15, 0.2) is 0 Å². The van der Waals surface area contributed by atoms with Crippen molar-refractivity contribution in [3.63, 3.8) is 0 Å². The predicted molar refractivity (Wildman–Crippen MR) is 115 cm³/mol. The molecule has 0 aromatic carbocycles. The van der Waals surface area contributed by atoms with Gasteiger partial charge in [-0.15, -0.1) is 0 Å². The molecular formula is C21H47N3O4. The van der Waals surface area contributed by atoms with Crippen molar-refractivity contribution in [2.24, 2.45) is 0 Å². The Morgan fingerprint density at radius 1 is 0.607 bits per heavy atom. The van der Waals surface area contributed by atoms with Crippen LogP contribution >= 0.6 is 0 Å². The van der Waals surface area contributed by atoms with Crippen molar-refractivity contribution >= 4 is 0 Å². The van der Waals surface area contributed by atoms with Gasteiger partial charge in [0.1, 0.15) is 6.23 Å². The van der Waals surface area contributed by atoms with Gasteiger partial charge in [0.2, 0.25) is 0 Å². The molecule has 0 aliphatic carbocycles. The molecule has 0 bridgehead atoms. The Morgan fingerprint density at radius 2 is 1.07 bits per heavy atom. The van der Waals surface area contributed by atoms with Gasteiger partial charge < -0.3 is 25.3 Å². The van der Waals surface area contributed by atoms with Gasteiger partial charge in [0.25, 0.3) is 0 Å². The second-order valence-electron chi connectivity index (χ2n) is 7.42. The van der Waals surface area contributed by atoms with Crippen molar-refractivity contribution in [3.8, 4) is 0 Å². The normalized spacial score (nSPS) is 14.4. The fourth-order valence-corrected chi connectivity index (χ4v) is 3.62. The van der Waals surface area contributed by atoms with Gasteiger partial charge in [-0.2, -0.15) is 0 Å². The largest absolute Gasteiger partial charge is 0.396 e. The van der Waals surface area contributed by atoms with Crippen LogP contribution in [0.4, 0.5) is 0 Å². The fraction of sp³-hybridized carbons (Fsp3) is 1.00. The number of hydrogen-bond acceptors (Lipinski definition) is 7. The molecule has 7 heteroatoms. The van der Waals surface area contributed by atoms with E-state index in [9.17, 15) is 5.11 Å². The molecule has 0 aliphatic heterocycles. The zero-order valence-electron chi connectivity index (χ0n) is 18.6. The lowest BCUT2D eigenvalue weighted by Gasteiger charge is -2.41. The summed E-state index contributed by atoms with van der Waals surface area (Å²) in [5.41, 5.74) is 0. The highest BCUT2D eigenvalue weighted by Crippen LogP contribution is 2.14. The molecule has 0 amide bonds. The maximum Gasteiger partial charge on any atom is 0.124 e. The van der Waals surface area contributed by atoms with E-state index in [1.54, 1.807) is 0 Å². The van der Waals surface area contributed by atoms with E-state index >= 15 is 0 Å². The predicted octanol–water partition coefficient (Wildman–Crippen LogP) is 0.957. The van der Waals surface area contributed by atoms with Crippen LogP contribution in [0.5, 0.6) is 0 Å². The first-order valence-corrected chi connectivity index (χ1v) is 11.3. The van der Waals surface area contributed by atoms with Crippen molar-refractivity contribution in [3.05, 3.63) is 0 Å². The number of nitrogens with zero attached hydrogens (tertiary/aromatic N) is 3. The van der Waals surface area contributed by atoms with E-state index in [0.717, 1.165) is 84.3 Å². The number of aliphatic hydroxyl groups excluding tert-OH is 4. The second kappa shape index (κ2) is 18.7. The maximum absolute atomic E-state index is 11.2. The van der Waals surface area contributed by atoms with Gasteiger partial charge in [-0.3, -0.25) is 9.80 Å². The van der Waals surface area contributed by atoms with Gasteiger partial charge in [-0.1, -0.05) is 20.8 Å². The van der Waals surface area contributed by atoms with Crippen LogP contribution in [-0.2, 0) is 0 Å². The Kier molecular flexibility index (Phi) is 18.5. The highest BCUT2D eigenvalue weighted by molar-refractivity contribution is 4.83. The standard InChI is InChI=1S/C21H47N3O4/c1-4-22(13-7-10-16-25)19-20(23(5-2)14-8-11-17-26)21(28)24(6-3)15-9-12-18-27/h20-21,25-28H,4-19H2,1-3H3. The van der Waals surface area contributed by atoms with Crippen molar-refractivity contribution in [2.45, 2.75) is 71.6 Å². The van der Waals surface area contributed by atoms with E-state index < -0.39 is 6.23 Å². The monoisotopic (exact) mass is 405 g/mol. The lowest BCUT2D eigenvalue weighted by atomic mass is 10.1. The highest BCUT2D eigenvalue weighted by Gasteiger charge is 2.30. The summed E-state index contributed by atoms with van der Waals surface area (Å²) in [6.07, 6.45) is 4.52. The summed E-state index contributed by atoms with van der Waals surface area (Å²) in [4.78, 5) is 6.81. The van der Waals surface area contributed by atoms with Gasteiger partial charge in [-0.25, -0.2) is 0 Å². The lowest BCUT2D eigenvalue weighted by Crippen LogP contribution is -2.57. The minimum atomic E-state index is -0.565. The summed E-state index contributed by atoms with van der Waals surface area (Å²) >= 11 is 0. The van der Waals surface area contributed by atoms with E-state index in [1.165, 1.54) is 0 Å². The van der Waals surface area contributed by atoms with Crippen LogP contribution in [0.25, 0.3) is 0 Å². The molecule has 4 N–H and O–H groups in total. The molecule has 2 atom stereocenters. The van der Waals surface area contributed by atoms with Crippen molar-refractivity contribution in [2.75, 3.05) is 65.6 Å². The molecule has 0 aromatic rings. The first kappa shape index (κ1) is 27.7. The Labute approximate surface area is 172 Å². The smallest absolute Gasteiger partial charge is 0.124 e. The molecule has 0 heterocycles.